The molecule has 1 aliphatic carbocycles. The number of hydrogen-bond acceptors (Lipinski definition) is 4. The van der Waals surface area contributed by atoms with Crippen LogP contribution in [0.15, 0.2) is 23.1 Å². The second-order valence-corrected chi connectivity index (χ2v) is 8.47. The third kappa shape index (κ3) is 4.08. The molecule has 0 radical (unpaired) electrons. The van der Waals surface area contributed by atoms with Gasteiger partial charge in [0.1, 0.15) is 0 Å². The molecule has 24 heavy (non-hydrogen) atoms. The van der Waals surface area contributed by atoms with E-state index in [1.165, 1.54) is 29.6 Å². The lowest BCUT2D eigenvalue weighted by molar-refractivity contribution is 0.0914. The summed E-state index contributed by atoms with van der Waals surface area (Å²) in [6, 6.07) is 3.93. The highest BCUT2D eigenvalue weighted by molar-refractivity contribution is 7.89. The lowest BCUT2D eigenvalue weighted by Crippen LogP contribution is -2.33. The van der Waals surface area contributed by atoms with Gasteiger partial charge in [-0.15, -0.1) is 0 Å². The first kappa shape index (κ1) is 19.2. The molecule has 2 rings (SSSR count). The zero-order chi connectivity index (χ0) is 18.1. The molecule has 1 aliphatic rings. The molecule has 0 spiro atoms. The fourth-order valence-corrected chi connectivity index (χ4v) is 3.85. The molecule has 0 bridgehead atoms. The molecule has 0 aliphatic heterocycles. The number of rotatable bonds is 7. The van der Waals surface area contributed by atoms with Crippen molar-refractivity contribution < 1.29 is 17.9 Å². The normalized spacial score (nSPS) is 20.5. The molecule has 1 N–H and O–H groups in total. The van der Waals surface area contributed by atoms with Gasteiger partial charge in [-0.3, -0.25) is 4.79 Å². The smallest absolute Gasteiger partial charge is 0.253 e. The second kappa shape index (κ2) is 7.39. The topological polar surface area (TPSA) is 75.7 Å². The highest BCUT2D eigenvalue weighted by atomic mass is 35.5. The maximum Gasteiger partial charge on any atom is 0.253 e. The predicted molar refractivity (Wildman–Crippen MR) is 92.8 cm³/mol. The Morgan fingerprint density at radius 3 is 2.71 bits per heavy atom. The van der Waals surface area contributed by atoms with E-state index in [0.717, 1.165) is 6.42 Å². The van der Waals surface area contributed by atoms with E-state index < -0.39 is 15.9 Å². The van der Waals surface area contributed by atoms with Crippen LogP contribution in [0.5, 0.6) is 0 Å². The van der Waals surface area contributed by atoms with E-state index in [0.29, 0.717) is 6.61 Å². The van der Waals surface area contributed by atoms with Crippen molar-refractivity contribution >= 4 is 27.5 Å². The average Bonchev–Trinajstić information content (AvgIpc) is 3.24. The maximum absolute atomic E-state index is 12.6. The highest BCUT2D eigenvalue weighted by Crippen LogP contribution is 2.27. The van der Waals surface area contributed by atoms with Crippen molar-refractivity contribution in [2.75, 3.05) is 13.7 Å². The van der Waals surface area contributed by atoms with E-state index in [-0.39, 0.29) is 33.7 Å². The van der Waals surface area contributed by atoms with Gasteiger partial charge in [0.15, 0.2) is 0 Å². The summed E-state index contributed by atoms with van der Waals surface area (Å²) in [6.07, 6.45) is 0.780. The summed E-state index contributed by atoms with van der Waals surface area (Å²) in [5, 5.41) is 3.03. The number of carbonyl (C=O) groups is 1. The number of amides is 1. The van der Waals surface area contributed by atoms with Crippen LogP contribution in [0.25, 0.3) is 0 Å². The lowest BCUT2D eigenvalue weighted by Gasteiger charge is -2.21. The molecule has 0 unspecified atom stereocenters. The van der Waals surface area contributed by atoms with Crippen molar-refractivity contribution in [2.24, 2.45) is 0 Å². The van der Waals surface area contributed by atoms with Gasteiger partial charge in [0.05, 0.1) is 27.6 Å². The molecule has 0 heterocycles. The molecule has 2 atom stereocenters. The Labute approximate surface area is 148 Å². The van der Waals surface area contributed by atoms with Crippen molar-refractivity contribution in [1.29, 1.82) is 0 Å². The van der Waals surface area contributed by atoms with Crippen molar-refractivity contribution in [3.8, 4) is 0 Å². The molecule has 6 nitrogen and oxygen atoms in total. The van der Waals surface area contributed by atoms with Crippen LogP contribution in [0.4, 0.5) is 0 Å². The van der Waals surface area contributed by atoms with E-state index in [1.807, 2.05) is 6.92 Å². The summed E-state index contributed by atoms with van der Waals surface area (Å²) >= 11 is 6.08. The number of benzene rings is 1. The van der Waals surface area contributed by atoms with Crippen LogP contribution in [0, 0.1) is 0 Å². The Bertz CT molecular complexity index is 721. The van der Waals surface area contributed by atoms with E-state index in [9.17, 15) is 13.2 Å². The quantitative estimate of drug-likeness (QED) is 0.794. The van der Waals surface area contributed by atoms with E-state index in [2.05, 4.69) is 5.32 Å². The number of nitrogens with one attached hydrogen (secondary N) is 1. The number of carbonyl (C=O) groups excluding carboxylic acids is 1. The number of hydrogen-bond donors (Lipinski definition) is 1. The molecular weight excluding hydrogens is 352 g/mol. The minimum absolute atomic E-state index is 0.0247. The van der Waals surface area contributed by atoms with Crippen molar-refractivity contribution in [2.45, 2.75) is 50.3 Å². The minimum Gasteiger partial charge on any atom is -0.376 e. The van der Waals surface area contributed by atoms with Crippen LogP contribution in [0.3, 0.4) is 0 Å². The molecule has 1 amide bonds. The van der Waals surface area contributed by atoms with Crippen LogP contribution < -0.4 is 5.32 Å². The minimum atomic E-state index is -3.67. The van der Waals surface area contributed by atoms with Gasteiger partial charge in [0, 0.05) is 19.7 Å². The Morgan fingerprint density at radius 2 is 2.12 bits per heavy atom. The largest absolute Gasteiger partial charge is 0.376 e. The average molecular weight is 375 g/mol. The van der Waals surface area contributed by atoms with Crippen LogP contribution >= 0.6 is 11.6 Å². The standard InChI is InChI=1S/C16H23ClN2O4S/c1-5-23-15-9-14(15)18-16(20)12-8-11(6-7-13(12)17)24(21,22)19(4)10(2)3/h6-8,10,14-15H,5,9H2,1-4H3,(H,18,20)/t14-,15-/m1/s1. The molecule has 1 fully saturated rings. The zero-order valence-electron chi connectivity index (χ0n) is 14.2. The Balaban J connectivity index is 2.21. The van der Waals surface area contributed by atoms with Gasteiger partial charge in [0.25, 0.3) is 5.91 Å². The van der Waals surface area contributed by atoms with Crippen LogP contribution in [-0.2, 0) is 14.8 Å². The summed E-state index contributed by atoms with van der Waals surface area (Å²) < 4.78 is 31.8. The Hall–Kier alpha value is -1.15. The second-order valence-electron chi connectivity index (χ2n) is 6.07. The van der Waals surface area contributed by atoms with Crippen LogP contribution in [0.2, 0.25) is 5.02 Å². The third-order valence-corrected chi connectivity index (χ3v) is 6.37. The van der Waals surface area contributed by atoms with Gasteiger partial charge < -0.3 is 10.1 Å². The van der Waals surface area contributed by atoms with Crippen molar-refractivity contribution in [1.82, 2.24) is 9.62 Å². The Kier molecular flexibility index (Phi) is 5.91. The summed E-state index contributed by atoms with van der Waals surface area (Å²) in [5.41, 5.74) is 0.150. The number of sulfonamides is 1. The first-order chi connectivity index (χ1) is 11.2. The molecule has 0 aromatic heterocycles. The predicted octanol–water partition coefficient (Wildman–Crippen LogP) is 2.28. The van der Waals surface area contributed by atoms with E-state index >= 15 is 0 Å². The van der Waals surface area contributed by atoms with Crippen LogP contribution in [-0.4, -0.2) is 50.5 Å². The summed E-state index contributed by atoms with van der Waals surface area (Å²) in [5.74, 6) is -0.392. The summed E-state index contributed by atoms with van der Waals surface area (Å²) in [6.45, 7) is 6.05. The van der Waals surface area contributed by atoms with Crippen LogP contribution in [0.1, 0.15) is 37.6 Å². The fraction of sp³-hybridized carbons (Fsp3) is 0.562. The van der Waals surface area contributed by atoms with Gasteiger partial charge in [-0.25, -0.2) is 8.42 Å². The lowest BCUT2D eigenvalue weighted by atomic mass is 10.2. The SMILES string of the molecule is CCO[C@@H]1C[C@H]1NC(=O)c1cc(S(=O)(=O)N(C)C(C)C)ccc1Cl. The van der Waals surface area contributed by atoms with Gasteiger partial charge in [-0.05, 0) is 45.4 Å². The zero-order valence-corrected chi connectivity index (χ0v) is 15.8. The molecule has 134 valence electrons. The van der Waals surface area contributed by atoms with Gasteiger partial charge in [0.2, 0.25) is 10.0 Å². The first-order valence-corrected chi connectivity index (χ1v) is 9.70. The first-order valence-electron chi connectivity index (χ1n) is 7.88. The summed E-state index contributed by atoms with van der Waals surface area (Å²) in [4.78, 5) is 12.4. The van der Waals surface area contributed by atoms with Crippen molar-refractivity contribution in [3.63, 3.8) is 0 Å². The van der Waals surface area contributed by atoms with Gasteiger partial charge >= 0.3 is 0 Å². The number of halogens is 1. The number of nitrogens with zero attached hydrogens (tertiary/aromatic N) is 1. The van der Waals surface area contributed by atoms with E-state index in [4.69, 9.17) is 16.3 Å². The molecule has 8 heteroatoms. The van der Waals surface area contributed by atoms with E-state index in [1.54, 1.807) is 13.8 Å². The maximum atomic E-state index is 12.6. The number of ether oxygens (including phenoxy) is 1. The van der Waals surface area contributed by atoms with Gasteiger partial charge in [-0.1, -0.05) is 11.6 Å². The van der Waals surface area contributed by atoms with Crippen molar-refractivity contribution in [3.05, 3.63) is 28.8 Å². The fourth-order valence-electron chi connectivity index (χ4n) is 2.25. The Morgan fingerprint density at radius 1 is 1.46 bits per heavy atom. The monoisotopic (exact) mass is 374 g/mol. The third-order valence-electron chi connectivity index (χ3n) is 4.02. The molecule has 1 aromatic carbocycles. The van der Waals surface area contributed by atoms with Gasteiger partial charge in [-0.2, -0.15) is 4.31 Å². The molecule has 1 saturated carbocycles. The summed E-state index contributed by atoms with van der Waals surface area (Å²) in [7, 11) is -2.17. The molecule has 0 saturated heterocycles. The molecule has 1 aromatic rings. The highest BCUT2D eigenvalue weighted by Gasteiger charge is 2.39. The molecular formula is C16H23ClN2O4S.